The van der Waals surface area contributed by atoms with Crippen LogP contribution in [0.4, 0.5) is 5.69 Å². The number of para-hydroxylation sites is 1. The van der Waals surface area contributed by atoms with Crippen LogP contribution in [0.25, 0.3) is 0 Å². The Balaban J connectivity index is 2.34. The molecule has 1 aliphatic rings. The van der Waals surface area contributed by atoms with E-state index in [4.69, 9.17) is 0 Å². The van der Waals surface area contributed by atoms with Crippen LogP contribution in [0.5, 0.6) is 5.75 Å². The highest BCUT2D eigenvalue weighted by molar-refractivity contribution is 5.97. The first-order valence-electron chi connectivity index (χ1n) is 5.68. The summed E-state index contributed by atoms with van der Waals surface area (Å²) in [6, 6.07) is 5.43. The zero-order chi connectivity index (χ0) is 13.0. The molecule has 0 aromatic heterocycles. The van der Waals surface area contributed by atoms with E-state index in [0.29, 0.717) is 5.69 Å². The fourth-order valence-electron chi connectivity index (χ4n) is 1.66. The molecule has 4 heteroatoms. The van der Waals surface area contributed by atoms with Gasteiger partial charge in [-0.05, 0) is 24.6 Å². The van der Waals surface area contributed by atoms with E-state index in [-0.39, 0.29) is 5.75 Å². The normalized spacial score (nSPS) is 15.9. The SMILES string of the molecule is C=NN(/N=C1/C=CC=CC1)c1cccc(C)c1O. The zero-order valence-electron chi connectivity index (χ0n) is 10.2. The molecule has 2 rings (SSSR count). The standard InChI is InChI=1S/C14H15N3O/c1-11-7-6-10-13(14(11)18)17(15-2)16-12-8-4-3-5-9-12/h3-8,10,18H,2,9H2,1H3/b16-12-. The molecule has 1 aliphatic carbocycles. The lowest BCUT2D eigenvalue weighted by Gasteiger charge is -2.16. The van der Waals surface area contributed by atoms with Gasteiger partial charge in [0, 0.05) is 13.1 Å². The Kier molecular flexibility index (Phi) is 3.57. The third kappa shape index (κ3) is 2.48. The second kappa shape index (κ2) is 5.31. The molecule has 0 bridgehead atoms. The van der Waals surface area contributed by atoms with Crippen LogP contribution >= 0.6 is 0 Å². The minimum atomic E-state index is 0.171. The number of aryl methyl sites for hydroxylation is 1. The maximum atomic E-state index is 10.00. The molecule has 0 fully saturated rings. The molecule has 1 aromatic carbocycles. The van der Waals surface area contributed by atoms with Crippen LogP contribution in [0.2, 0.25) is 0 Å². The zero-order valence-corrected chi connectivity index (χ0v) is 10.2. The average molecular weight is 241 g/mol. The number of anilines is 1. The number of phenols is 1. The van der Waals surface area contributed by atoms with E-state index in [2.05, 4.69) is 16.9 Å². The fraction of sp³-hybridized carbons (Fsp3) is 0.143. The Morgan fingerprint density at radius 1 is 1.33 bits per heavy atom. The van der Waals surface area contributed by atoms with Gasteiger partial charge in [0.25, 0.3) is 0 Å². The van der Waals surface area contributed by atoms with Crippen molar-refractivity contribution in [3.63, 3.8) is 0 Å². The van der Waals surface area contributed by atoms with Gasteiger partial charge < -0.3 is 5.11 Å². The predicted molar refractivity (Wildman–Crippen MR) is 75.2 cm³/mol. The first-order valence-corrected chi connectivity index (χ1v) is 5.68. The number of allylic oxidation sites excluding steroid dienone is 4. The molecule has 0 aliphatic heterocycles. The summed E-state index contributed by atoms with van der Waals surface area (Å²) in [5, 5.41) is 19.5. The Morgan fingerprint density at radius 2 is 2.17 bits per heavy atom. The van der Waals surface area contributed by atoms with Gasteiger partial charge in [-0.15, -0.1) is 5.12 Å². The number of aromatic hydroxyl groups is 1. The van der Waals surface area contributed by atoms with Crippen LogP contribution in [0.15, 0.2) is 52.7 Å². The topological polar surface area (TPSA) is 48.2 Å². The van der Waals surface area contributed by atoms with Crippen molar-refractivity contribution in [1.82, 2.24) is 0 Å². The quantitative estimate of drug-likeness (QED) is 0.653. The maximum Gasteiger partial charge on any atom is 0.145 e. The number of phenolic OH excluding ortho intramolecular Hbond substituents is 1. The van der Waals surface area contributed by atoms with Gasteiger partial charge in [-0.1, -0.05) is 30.4 Å². The highest BCUT2D eigenvalue weighted by atomic mass is 16.3. The molecule has 0 spiro atoms. The number of nitrogens with zero attached hydrogens (tertiary/aromatic N) is 3. The van der Waals surface area contributed by atoms with Crippen molar-refractivity contribution in [2.45, 2.75) is 13.3 Å². The molecule has 0 saturated heterocycles. The van der Waals surface area contributed by atoms with Gasteiger partial charge in [0.2, 0.25) is 0 Å². The van der Waals surface area contributed by atoms with Gasteiger partial charge in [-0.3, -0.25) is 0 Å². The number of benzene rings is 1. The van der Waals surface area contributed by atoms with Gasteiger partial charge in [-0.2, -0.15) is 10.2 Å². The van der Waals surface area contributed by atoms with E-state index in [1.54, 1.807) is 6.07 Å². The maximum absolute atomic E-state index is 10.00. The van der Waals surface area contributed by atoms with Crippen molar-refractivity contribution >= 4 is 18.1 Å². The highest BCUT2D eigenvalue weighted by Gasteiger charge is 2.11. The summed E-state index contributed by atoms with van der Waals surface area (Å²) >= 11 is 0. The lowest BCUT2D eigenvalue weighted by Crippen LogP contribution is -2.11. The summed E-state index contributed by atoms with van der Waals surface area (Å²) in [5.74, 6) is 0.171. The molecule has 0 heterocycles. The van der Waals surface area contributed by atoms with Crippen LogP contribution in [0.3, 0.4) is 0 Å². The summed E-state index contributed by atoms with van der Waals surface area (Å²) in [4.78, 5) is 0. The third-order valence-electron chi connectivity index (χ3n) is 2.65. The fourth-order valence-corrected chi connectivity index (χ4v) is 1.66. The predicted octanol–water partition coefficient (Wildman–Crippen LogP) is 2.99. The molecule has 4 nitrogen and oxygen atoms in total. The van der Waals surface area contributed by atoms with Crippen LogP contribution < -0.4 is 5.12 Å². The number of hydrazone groups is 2. The van der Waals surface area contributed by atoms with Gasteiger partial charge in [0.15, 0.2) is 0 Å². The summed E-state index contributed by atoms with van der Waals surface area (Å²) in [6.45, 7) is 5.32. The Hall–Kier alpha value is -2.36. The van der Waals surface area contributed by atoms with Crippen molar-refractivity contribution < 1.29 is 5.11 Å². The van der Waals surface area contributed by atoms with Gasteiger partial charge in [-0.25, -0.2) is 0 Å². The molecule has 18 heavy (non-hydrogen) atoms. The molecule has 1 aromatic rings. The Morgan fingerprint density at radius 3 is 2.83 bits per heavy atom. The molecular formula is C14H15N3O. The molecule has 0 amide bonds. The van der Waals surface area contributed by atoms with Crippen LogP contribution in [-0.2, 0) is 0 Å². The molecule has 0 radical (unpaired) electrons. The van der Waals surface area contributed by atoms with E-state index in [0.717, 1.165) is 17.7 Å². The first-order chi connectivity index (χ1) is 8.72. The van der Waals surface area contributed by atoms with Gasteiger partial charge in [0.05, 0.1) is 5.71 Å². The second-order valence-corrected chi connectivity index (χ2v) is 3.96. The first kappa shape index (κ1) is 12.1. The minimum Gasteiger partial charge on any atom is -0.505 e. The Bertz CT molecular complexity index is 544. The molecule has 0 saturated carbocycles. The highest BCUT2D eigenvalue weighted by Crippen LogP contribution is 2.30. The van der Waals surface area contributed by atoms with Gasteiger partial charge in [0.1, 0.15) is 11.4 Å². The number of hydrogen-bond acceptors (Lipinski definition) is 4. The number of rotatable bonds is 3. The molecule has 0 atom stereocenters. The summed E-state index contributed by atoms with van der Waals surface area (Å²) in [5.41, 5.74) is 2.17. The smallest absolute Gasteiger partial charge is 0.145 e. The van der Waals surface area contributed by atoms with Crippen molar-refractivity contribution in [2.24, 2.45) is 10.2 Å². The van der Waals surface area contributed by atoms with Crippen molar-refractivity contribution in [3.05, 3.63) is 48.1 Å². The van der Waals surface area contributed by atoms with E-state index in [9.17, 15) is 5.11 Å². The Labute approximate surface area is 106 Å². The summed E-state index contributed by atoms with van der Waals surface area (Å²) in [6.07, 6.45) is 8.55. The van der Waals surface area contributed by atoms with E-state index in [1.165, 1.54) is 5.12 Å². The van der Waals surface area contributed by atoms with E-state index < -0.39 is 0 Å². The van der Waals surface area contributed by atoms with E-state index >= 15 is 0 Å². The van der Waals surface area contributed by atoms with Crippen LogP contribution in [0.1, 0.15) is 12.0 Å². The molecular weight excluding hydrogens is 226 g/mol. The summed E-state index contributed by atoms with van der Waals surface area (Å²) < 4.78 is 0. The number of hydrogen-bond donors (Lipinski definition) is 1. The van der Waals surface area contributed by atoms with Crippen molar-refractivity contribution in [3.8, 4) is 5.75 Å². The van der Waals surface area contributed by atoms with E-state index in [1.807, 2.05) is 43.4 Å². The second-order valence-electron chi connectivity index (χ2n) is 3.96. The summed E-state index contributed by atoms with van der Waals surface area (Å²) in [7, 11) is 0. The van der Waals surface area contributed by atoms with Crippen LogP contribution in [-0.4, -0.2) is 17.5 Å². The van der Waals surface area contributed by atoms with Crippen molar-refractivity contribution in [2.75, 3.05) is 5.12 Å². The van der Waals surface area contributed by atoms with Crippen LogP contribution in [0, 0.1) is 6.92 Å². The lowest BCUT2D eigenvalue weighted by molar-refractivity contribution is 0.470. The molecule has 92 valence electrons. The van der Waals surface area contributed by atoms with Crippen molar-refractivity contribution in [1.29, 1.82) is 0 Å². The average Bonchev–Trinajstić information content (AvgIpc) is 2.41. The molecule has 1 N–H and O–H groups in total. The third-order valence-corrected chi connectivity index (χ3v) is 2.65. The largest absolute Gasteiger partial charge is 0.505 e. The minimum absolute atomic E-state index is 0.171. The lowest BCUT2D eigenvalue weighted by atomic mass is 10.1. The monoisotopic (exact) mass is 241 g/mol. The molecule has 0 unspecified atom stereocenters. The van der Waals surface area contributed by atoms with Gasteiger partial charge >= 0.3 is 0 Å².